The third kappa shape index (κ3) is 7.13. The summed E-state index contributed by atoms with van der Waals surface area (Å²) >= 11 is 0. The Morgan fingerprint density at radius 3 is 2.68 bits per heavy atom. The van der Waals surface area contributed by atoms with Crippen molar-refractivity contribution in [2.75, 3.05) is 26.2 Å². The molecule has 9 nitrogen and oxygen atoms in total. The molecule has 0 aromatic heterocycles. The third-order valence-corrected chi connectivity index (χ3v) is 4.92. The molecule has 2 aliphatic rings. The number of nitrogens with one attached hydrogen (secondary N) is 1. The van der Waals surface area contributed by atoms with Crippen molar-refractivity contribution in [3.63, 3.8) is 0 Å². The zero-order valence-corrected chi connectivity index (χ0v) is 18.6. The highest BCUT2D eigenvalue weighted by Crippen LogP contribution is 2.29. The summed E-state index contributed by atoms with van der Waals surface area (Å²) in [4.78, 5) is 30.2. The molecule has 2 heterocycles. The van der Waals surface area contributed by atoms with Crippen molar-refractivity contribution in [2.24, 2.45) is 10.7 Å². The van der Waals surface area contributed by atoms with Crippen LogP contribution < -0.4 is 15.9 Å². The minimum atomic E-state index is -0.544. The van der Waals surface area contributed by atoms with Crippen LogP contribution >= 0.6 is 0 Å². The second-order valence-electron chi connectivity index (χ2n) is 8.88. The predicted molar refractivity (Wildman–Crippen MR) is 118 cm³/mol. The summed E-state index contributed by atoms with van der Waals surface area (Å²) in [6.07, 6.45) is 3.32. The Bertz CT molecular complexity index is 828. The number of amides is 1. The van der Waals surface area contributed by atoms with E-state index in [0.29, 0.717) is 31.7 Å². The average molecular weight is 432 g/mol. The fourth-order valence-electron chi connectivity index (χ4n) is 3.50. The van der Waals surface area contributed by atoms with Gasteiger partial charge in [-0.25, -0.2) is 10.0 Å². The van der Waals surface area contributed by atoms with Crippen molar-refractivity contribution in [1.82, 2.24) is 15.3 Å². The molecule has 2 aliphatic heterocycles. The smallest absolute Gasteiger partial charge is 0.326 e. The number of carbonyl (C=O) groups excluding carboxylic acids is 2. The van der Waals surface area contributed by atoms with E-state index in [9.17, 15) is 9.59 Å². The Kier molecular flexibility index (Phi) is 7.37. The van der Waals surface area contributed by atoms with Gasteiger partial charge in [-0.15, -0.1) is 0 Å². The highest BCUT2D eigenvalue weighted by Gasteiger charge is 2.24. The van der Waals surface area contributed by atoms with Crippen molar-refractivity contribution in [3.05, 3.63) is 23.8 Å². The van der Waals surface area contributed by atoms with Crippen molar-refractivity contribution in [1.29, 1.82) is 0 Å². The molecule has 0 spiro atoms. The second-order valence-corrected chi connectivity index (χ2v) is 8.88. The quantitative estimate of drug-likeness (QED) is 0.479. The van der Waals surface area contributed by atoms with Crippen molar-refractivity contribution >= 4 is 23.5 Å². The van der Waals surface area contributed by atoms with E-state index in [0.717, 1.165) is 37.2 Å². The predicted octanol–water partition coefficient (Wildman–Crippen LogP) is 2.08. The van der Waals surface area contributed by atoms with E-state index >= 15 is 0 Å². The molecule has 9 heteroatoms. The molecule has 1 aromatic rings. The number of hydrogen-bond acceptors (Lipinski definition) is 8. The molecule has 0 saturated carbocycles. The van der Waals surface area contributed by atoms with Gasteiger partial charge in [-0.05, 0) is 51.7 Å². The van der Waals surface area contributed by atoms with Crippen molar-refractivity contribution in [3.8, 4) is 5.75 Å². The van der Waals surface area contributed by atoms with Gasteiger partial charge in [0.15, 0.2) is 5.96 Å². The first-order chi connectivity index (χ1) is 14.7. The number of aliphatic imine (C=N–C) groups is 1. The maximum atomic E-state index is 12.1. The Morgan fingerprint density at radius 1 is 1.23 bits per heavy atom. The number of benzene rings is 1. The second kappa shape index (κ2) is 10.00. The summed E-state index contributed by atoms with van der Waals surface area (Å²) in [6, 6.07) is 5.62. The first kappa shape index (κ1) is 22.9. The lowest BCUT2D eigenvalue weighted by molar-refractivity contribution is -0.155. The molecule has 3 rings (SSSR count). The lowest BCUT2D eigenvalue weighted by atomic mass is 10.1. The number of ether oxygens (including phenoxy) is 2. The van der Waals surface area contributed by atoms with Gasteiger partial charge < -0.3 is 20.1 Å². The van der Waals surface area contributed by atoms with Gasteiger partial charge in [0, 0.05) is 32.1 Å². The van der Waals surface area contributed by atoms with E-state index in [2.05, 4.69) is 10.4 Å². The van der Waals surface area contributed by atoms with Crippen molar-refractivity contribution < 1.29 is 19.1 Å². The first-order valence-corrected chi connectivity index (χ1v) is 10.8. The number of fused-ring (bicyclic) bond motifs is 1. The van der Waals surface area contributed by atoms with Crippen LogP contribution in [0.4, 0.5) is 5.69 Å². The molecule has 0 aliphatic carbocycles. The summed E-state index contributed by atoms with van der Waals surface area (Å²) in [7, 11) is 0. The molecule has 170 valence electrons. The maximum Gasteiger partial charge on any atom is 0.326 e. The van der Waals surface area contributed by atoms with Crippen LogP contribution in [0.1, 0.15) is 52.0 Å². The summed E-state index contributed by atoms with van der Waals surface area (Å²) < 4.78 is 11.1. The lowest BCUT2D eigenvalue weighted by Crippen LogP contribution is -2.43. The number of guanidine groups is 1. The minimum absolute atomic E-state index is 0.0263. The van der Waals surface area contributed by atoms with E-state index in [-0.39, 0.29) is 24.4 Å². The molecule has 0 unspecified atom stereocenters. The molecule has 31 heavy (non-hydrogen) atoms. The van der Waals surface area contributed by atoms with Gasteiger partial charge in [0.05, 0.1) is 12.3 Å². The summed E-state index contributed by atoms with van der Waals surface area (Å²) in [5.41, 5.74) is 10.1. The molecule has 1 saturated heterocycles. The Hall–Kier alpha value is -2.81. The number of esters is 1. The number of rotatable bonds is 8. The van der Waals surface area contributed by atoms with Crippen LogP contribution in [0.3, 0.4) is 0 Å². The fraction of sp³-hybridized carbons (Fsp3) is 0.591. The molecular weight excluding hydrogens is 398 g/mol. The standard InChI is InChI=1S/C22H33N5O4/c1-22(2,3)31-20(29)15-26-14-16-8-9-17(13-18(16)24-21(26)23)30-12-6-7-19(28)25-27-10-4-5-11-27/h8-9,13H,4-7,10-12,14-15H2,1-3H3,(H2,23,24)(H,25,28). The number of nitrogens with two attached hydrogens (primary N) is 1. The molecule has 1 amide bonds. The van der Waals surface area contributed by atoms with E-state index in [1.54, 1.807) is 4.90 Å². The van der Waals surface area contributed by atoms with E-state index in [1.807, 2.05) is 44.0 Å². The molecule has 3 N–H and O–H groups in total. The summed E-state index contributed by atoms with van der Waals surface area (Å²) in [5, 5.41) is 1.97. The molecular formula is C22H33N5O4. The molecule has 0 bridgehead atoms. The van der Waals surface area contributed by atoms with Gasteiger partial charge in [0.2, 0.25) is 5.91 Å². The maximum absolute atomic E-state index is 12.1. The highest BCUT2D eigenvalue weighted by atomic mass is 16.6. The topological polar surface area (TPSA) is 109 Å². The van der Waals surface area contributed by atoms with Crippen LogP contribution in [0.5, 0.6) is 5.75 Å². The van der Waals surface area contributed by atoms with Gasteiger partial charge in [0.1, 0.15) is 17.9 Å². The average Bonchev–Trinajstić information content (AvgIpc) is 3.17. The van der Waals surface area contributed by atoms with Crippen LogP contribution in [0, 0.1) is 0 Å². The SMILES string of the molecule is CC(C)(C)OC(=O)CN1Cc2ccc(OCCCC(=O)NN3CCCC3)cc2N=C1N. The summed E-state index contributed by atoms with van der Waals surface area (Å²) in [5.74, 6) is 0.631. The van der Waals surface area contributed by atoms with Gasteiger partial charge in [-0.1, -0.05) is 6.07 Å². The molecule has 1 fully saturated rings. The Balaban J connectivity index is 1.46. The normalized spacial score (nSPS) is 16.5. The van der Waals surface area contributed by atoms with Crippen molar-refractivity contribution in [2.45, 2.75) is 58.6 Å². The lowest BCUT2D eigenvalue weighted by Gasteiger charge is -2.29. The van der Waals surface area contributed by atoms with Gasteiger partial charge >= 0.3 is 5.97 Å². The van der Waals surface area contributed by atoms with Crippen LogP contribution in [-0.2, 0) is 20.9 Å². The largest absolute Gasteiger partial charge is 0.494 e. The van der Waals surface area contributed by atoms with E-state index in [4.69, 9.17) is 15.2 Å². The fourth-order valence-corrected chi connectivity index (χ4v) is 3.50. The molecule has 1 aromatic carbocycles. The van der Waals surface area contributed by atoms with Crippen LogP contribution in [0.15, 0.2) is 23.2 Å². The first-order valence-electron chi connectivity index (χ1n) is 10.8. The summed E-state index contributed by atoms with van der Waals surface area (Å²) in [6.45, 7) is 8.30. The highest BCUT2D eigenvalue weighted by molar-refractivity contribution is 5.87. The molecule has 0 atom stereocenters. The van der Waals surface area contributed by atoms with Gasteiger partial charge in [-0.3, -0.25) is 15.0 Å². The van der Waals surface area contributed by atoms with Crippen LogP contribution in [0.2, 0.25) is 0 Å². The van der Waals surface area contributed by atoms with E-state index in [1.165, 1.54) is 0 Å². The zero-order chi connectivity index (χ0) is 22.4. The number of hydrogen-bond donors (Lipinski definition) is 2. The number of nitrogens with zero attached hydrogens (tertiary/aromatic N) is 3. The van der Waals surface area contributed by atoms with Crippen LogP contribution in [-0.4, -0.2) is 59.6 Å². The van der Waals surface area contributed by atoms with Crippen LogP contribution in [0.25, 0.3) is 0 Å². The number of hydrazine groups is 1. The number of carbonyl (C=O) groups is 2. The van der Waals surface area contributed by atoms with E-state index < -0.39 is 5.60 Å². The third-order valence-electron chi connectivity index (χ3n) is 4.92. The monoisotopic (exact) mass is 431 g/mol. The Labute approximate surface area is 183 Å². The van der Waals surface area contributed by atoms with Gasteiger partial charge in [-0.2, -0.15) is 0 Å². The zero-order valence-electron chi connectivity index (χ0n) is 18.6. The van der Waals surface area contributed by atoms with Gasteiger partial charge in [0.25, 0.3) is 0 Å². The Morgan fingerprint density at radius 2 is 1.97 bits per heavy atom. The molecule has 0 radical (unpaired) electrons. The minimum Gasteiger partial charge on any atom is -0.494 e.